The summed E-state index contributed by atoms with van der Waals surface area (Å²) >= 11 is 0. The summed E-state index contributed by atoms with van der Waals surface area (Å²) in [5, 5.41) is 2.51. The van der Waals surface area contributed by atoms with E-state index in [1.54, 1.807) is 24.8 Å². The molecule has 1 saturated heterocycles. The molecule has 0 spiro atoms. The summed E-state index contributed by atoms with van der Waals surface area (Å²) in [5.41, 5.74) is -1.36. The van der Waals surface area contributed by atoms with Gasteiger partial charge in [-0.3, -0.25) is 15.0 Å². The third-order valence-corrected chi connectivity index (χ3v) is 4.00. The van der Waals surface area contributed by atoms with Crippen molar-refractivity contribution in [2.24, 2.45) is 11.3 Å². The molecule has 1 N–H and O–H groups in total. The van der Waals surface area contributed by atoms with Crippen LogP contribution in [0.3, 0.4) is 0 Å². The topological polar surface area (TPSA) is 58.6 Å². The van der Waals surface area contributed by atoms with Crippen molar-refractivity contribution in [3.63, 3.8) is 0 Å². The summed E-state index contributed by atoms with van der Waals surface area (Å²) < 4.78 is 5.70. The van der Waals surface area contributed by atoms with Crippen molar-refractivity contribution in [1.82, 2.24) is 10.2 Å². The van der Waals surface area contributed by atoms with Crippen molar-refractivity contribution in [3.8, 4) is 0 Å². The summed E-state index contributed by atoms with van der Waals surface area (Å²) in [6.07, 6.45) is 2.20. The lowest BCUT2D eigenvalue weighted by Gasteiger charge is -2.35. The number of urea groups is 1. The third-order valence-electron chi connectivity index (χ3n) is 4.00. The van der Waals surface area contributed by atoms with Crippen LogP contribution in [0.5, 0.6) is 0 Å². The van der Waals surface area contributed by atoms with Crippen molar-refractivity contribution in [3.05, 3.63) is 12.7 Å². The first-order chi connectivity index (χ1) is 9.53. The van der Waals surface area contributed by atoms with Gasteiger partial charge in [-0.05, 0) is 26.2 Å². The molecule has 5 heteroatoms. The molecule has 0 aliphatic carbocycles. The molecule has 1 fully saturated rings. The van der Waals surface area contributed by atoms with Crippen LogP contribution in [0.4, 0.5) is 4.79 Å². The lowest BCUT2D eigenvalue weighted by atomic mass is 9.88. The zero-order valence-electron chi connectivity index (χ0n) is 14.0. The van der Waals surface area contributed by atoms with E-state index < -0.39 is 17.2 Å². The van der Waals surface area contributed by atoms with E-state index in [4.69, 9.17) is 4.74 Å². The Morgan fingerprint density at radius 3 is 2.52 bits per heavy atom. The molecule has 5 nitrogen and oxygen atoms in total. The molecule has 0 aromatic heterocycles. The summed E-state index contributed by atoms with van der Waals surface area (Å²) in [6, 6.07) is -0.423. The first kappa shape index (κ1) is 17.7. The van der Waals surface area contributed by atoms with Gasteiger partial charge in [0.1, 0.15) is 5.72 Å². The van der Waals surface area contributed by atoms with Crippen molar-refractivity contribution in [2.45, 2.75) is 59.7 Å². The van der Waals surface area contributed by atoms with Crippen molar-refractivity contribution < 1.29 is 14.3 Å². The van der Waals surface area contributed by atoms with Gasteiger partial charge < -0.3 is 4.74 Å². The predicted octanol–water partition coefficient (Wildman–Crippen LogP) is 2.92. The van der Waals surface area contributed by atoms with E-state index >= 15 is 0 Å². The molecule has 0 aromatic carbocycles. The standard InChI is InChI=1S/C16H28N2O3/c1-8-9-15(4,5)13(19)17-14(20)18-12(11(2)3)10-21-16(18,6)7/h8,11-12H,1,9-10H2,2-7H3,(H,17,19,20)/t12-/m1/s1. The van der Waals surface area contributed by atoms with E-state index in [9.17, 15) is 9.59 Å². The Hall–Kier alpha value is -1.36. The number of imide groups is 1. The molecule has 1 aliphatic heterocycles. The van der Waals surface area contributed by atoms with Gasteiger partial charge in [0.15, 0.2) is 0 Å². The van der Waals surface area contributed by atoms with Crippen LogP contribution < -0.4 is 5.32 Å². The van der Waals surface area contributed by atoms with E-state index in [0.717, 1.165) is 0 Å². The number of rotatable bonds is 4. The second-order valence-electron chi connectivity index (χ2n) is 7.08. The van der Waals surface area contributed by atoms with Crippen LogP contribution in [0.2, 0.25) is 0 Å². The number of ether oxygens (including phenoxy) is 1. The quantitative estimate of drug-likeness (QED) is 0.811. The molecule has 3 amide bonds. The average Bonchev–Trinajstić information content (AvgIpc) is 2.64. The van der Waals surface area contributed by atoms with Crippen LogP contribution in [0, 0.1) is 11.3 Å². The normalized spacial score (nSPS) is 21.5. The van der Waals surface area contributed by atoms with Crippen LogP contribution in [0.15, 0.2) is 12.7 Å². The molecule has 0 saturated carbocycles. The minimum Gasteiger partial charge on any atom is -0.354 e. The van der Waals surface area contributed by atoms with Crippen molar-refractivity contribution >= 4 is 11.9 Å². The van der Waals surface area contributed by atoms with Gasteiger partial charge in [-0.2, -0.15) is 0 Å². The molecular formula is C16H28N2O3. The second kappa shape index (κ2) is 6.18. The molecule has 1 rings (SSSR count). The maximum Gasteiger partial charge on any atom is 0.326 e. The molecule has 0 bridgehead atoms. The first-order valence-corrected chi connectivity index (χ1v) is 7.42. The number of nitrogens with one attached hydrogen (secondary N) is 1. The Kier molecular flexibility index (Phi) is 5.20. The number of carbonyl (C=O) groups is 2. The molecule has 120 valence electrons. The fourth-order valence-electron chi connectivity index (χ4n) is 2.50. The molecule has 0 radical (unpaired) electrons. The number of carbonyl (C=O) groups excluding carboxylic acids is 2. The number of allylic oxidation sites excluding steroid dienone is 1. The number of hydrogen-bond acceptors (Lipinski definition) is 3. The zero-order chi connectivity index (χ0) is 16.4. The minimum atomic E-state index is -0.706. The van der Waals surface area contributed by atoms with Crippen LogP contribution in [-0.2, 0) is 9.53 Å². The highest BCUT2D eigenvalue weighted by molar-refractivity contribution is 5.97. The van der Waals surface area contributed by atoms with Crippen molar-refractivity contribution in [1.29, 1.82) is 0 Å². The highest BCUT2D eigenvalue weighted by Gasteiger charge is 2.45. The van der Waals surface area contributed by atoms with E-state index in [2.05, 4.69) is 11.9 Å². The van der Waals surface area contributed by atoms with Gasteiger partial charge in [-0.1, -0.05) is 33.8 Å². The maximum absolute atomic E-state index is 12.5. The highest BCUT2D eigenvalue weighted by atomic mass is 16.5. The average molecular weight is 296 g/mol. The molecule has 1 heterocycles. The molecule has 21 heavy (non-hydrogen) atoms. The smallest absolute Gasteiger partial charge is 0.326 e. The minimum absolute atomic E-state index is 0.0321. The predicted molar refractivity (Wildman–Crippen MR) is 82.6 cm³/mol. The molecule has 1 aliphatic rings. The monoisotopic (exact) mass is 296 g/mol. The molecule has 1 atom stereocenters. The number of amides is 3. The van der Waals surface area contributed by atoms with Crippen LogP contribution in [0.25, 0.3) is 0 Å². The van der Waals surface area contributed by atoms with E-state index in [0.29, 0.717) is 13.0 Å². The summed E-state index contributed by atoms with van der Waals surface area (Å²) in [4.78, 5) is 26.4. The Bertz CT molecular complexity index is 427. The zero-order valence-corrected chi connectivity index (χ0v) is 14.0. The lowest BCUT2D eigenvalue weighted by Crippen LogP contribution is -2.56. The largest absolute Gasteiger partial charge is 0.354 e. The summed E-state index contributed by atoms with van der Waals surface area (Å²) in [5.74, 6) is -0.0357. The summed E-state index contributed by atoms with van der Waals surface area (Å²) in [7, 11) is 0. The van der Waals surface area contributed by atoms with Crippen LogP contribution >= 0.6 is 0 Å². The first-order valence-electron chi connectivity index (χ1n) is 7.42. The third kappa shape index (κ3) is 3.84. The van der Waals surface area contributed by atoms with Crippen LogP contribution in [-0.4, -0.2) is 35.2 Å². The Balaban J connectivity index is 2.86. The van der Waals surface area contributed by atoms with E-state index in [-0.39, 0.29) is 17.9 Å². The maximum atomic E-state index is 12.5. The molecule has 0 unspecified atom stereocenters. The molecule has 0 aromatic rings. The second-order valence-corrected chi connectivity index (χ2v) is 7.08. The fourth-order valence-corrected chi connectivity index (χ4v) is 2.50. The Morgan fingerprint density at radius 2 is 2.05 bits per heavy atom. The van der Waals surface area contributed by atoms with Gasteiger partial charge in [-0.25, -0.2) is 4.79 Å². The Morgan fingerprint density at radius 1 is 1.48 bits per heavy atom. The fraction of sp³-hybridized carbons (Fsp3) is 0.750. The van der Waals surface area contributed by atoms with E-state index in [1.807, 2.05) is 27.7 Å². The lowest BCUT2D eigenvalue weighted by molar-refractivity contribution is -0.128. The Labute approximate surface area is 127 Å². The van der Waals surface area contributed by atoms with Gasteiger partial charge in [0, 0.05) is 5.41 Å². The highest BCUT2D eigenvalue weighted by Crippen LogP contribution is 2.31. The van der Waals surface area contributed by atoms with Gasteiger partial charge in [0.2, 0.25) is 5.91 Å². The molecular weight excluding hydrogens is 268 g/mol. The van der Waals surface area contributed by atoms with E-state index in [1.165, 1.54) is 0 Å². The number of nitrogens with zero attached hydrogens (tertiary/aromatic N) is 1. The summed E-state index contributed by atoms with van der Waals surface area (Å²) in [6.45, 7) is 15.5. The van der Waals surface area contributed by atoms with Crippen LogP contribution in [0.1, 0.15) is 48.0 Å². The SMILES string of the molecule is C=CCC(C)(C)C(=O)NC(=O)N1[C@@H](C(C)C)COC1(C)C. The van der Waals surface area contributed by atoms with Gasteiger partial charge in [0.25, 0.3) is 0 Å². The number of hydrogen-bond donors (Lipinski definition) is 1. The van der Waals surface area contributed by atoms with Crippen molar-refractivity contribution in [2.75, 3.05) is 6.61 Å². The van der Waals surface area contributed by atoms with Gasteiger partial charge in [0.05, 0.1) is 12.6 Å². The van der Waals surface area contributed by atoms with Gasteiger partial charge in [-0.15, -0.1) is 6.58 Å². The van der Waals surface area contributed by atoms with Gasteiger partial charge >= 0.3 is 6.03 Å².